The first-order valence-electron chi connectivity index (χ1n) is 6.54. The summed E-state index contributed by atoms with van der Waals surface area (Å²) in [6.45, 7) is 1.02. The van der Waals surface area contributed by atoms with Crippen molar-refractivity contribution in [3.8, 4) is 5.75 Å². The summed E-state index contributed by atoms with van der Waals surface area (Å²) in [5, 5.41) is 0.640. The van der Waals surface area contributed by atoms with Gasteiger partial charge in [0.2, 0.25) is 0 Å². The van der Waals surface area contributed by atoms with E-state index < -0.39 is 0 Å². The summed E-state index contributed by atoms with van der Waals surface area (Å²) in [5.74, 6) is 0.765. The van der Waals surface area contributed by atoms with Gasteiger partial charge in [0.25, 0.3) is 0 Å². The fourth-order valence-electron chi connectivity index (χ4n) is 1.99. The van der Waals surface area contributed by atoms with Crippen LogP contribution in [0.1, 0.15) is 17.2 Å². The van der Waals surface area contributed by atoms with Gasteiger partial charge in [0.15, 0.2) is 0 Å². The van der Waals surface area contributed by atoms with Crippen LogP contribution < -0.4 is 10.5 Å². The Morgan fingerprint density at radius 3 is 2.67 bits per heavy atom. The molecule has 2 aromatic carbocycles. The van der Waals surface area contributed by atoms with Gasteiger partial charge in [-0.1, -0.05) is 35.9 Å². The lowest BCUT2D eigenvalue weighted by atomic mass is 9.99. The Morgan fingerprint density at radius 1 is 1.19 bits per heavy atom. The maximum atomic E-state index is 6.36. The zero-order chi connectivity index (χ0) is 15.2. The van der Waals surface area contributed by atoms with Crippen LogP contribution in [0, 0.1) is 0 Å². The van der Waals surface area contributed by atoms with E-state index in [1.165, 1.54) is 0 Å². The van der Waals surface area contributed by atoms with Crippen LogP contribution in [0.3, 0.4) is 0 Å². The minimum atomic E-state index is -0.297. The van der Waals surface area contributed by atoms with Crippen molar-refractivity contribution >= 4 is 27.5 Å². The Morgan fingerprint density at radius 2 is 1.95 bits per heavy atom. The van der Waals surface area contributed by atoms with Crippen LogP contribution in [0.15, 0.2) is 46.9 Å². The second kappa shape index (κ2) is 7.80. The fourth-order valence-corrected chi connectivity index (χ4v) is 2.42. The molecule has 0 saturated heterocycles. The van der Waals surface area contributed by atoms with Gasteiger partial charge in [0.1, 0.15) is 12.4 Å². The lowest BCUT2D eigenvalue weighted by molar-refractivity contribution is 0.145. The summed E-state index contributed by atoms with van der Waals surface area (Å²) in [5.41, 5.74) is 8.21. The van der Waals surface area contributed by atoms with Crippen LogP contribution in [0.2, 0.25) is 5.02 Å². The number of benzene rings is 2. The molecule has 1 unspecified atom stereocenters. The van der Waals surface area contributed by atoms with Crippen LogP contribution in [-0.4, -0.2) is 20.3 Å². The van der Waals surface area contributed by atoms with Gasteiger partial charge in [-0.25, -0.2) is 0 Å². The third-order valence-electron chi connectivity index (χ3n) is 3.10. The van der Waals surface area contributed by atoms with E-state index in [2.05, 4.69) is 15.9 Å². The van der Waals surface area contributed by atoms with Crippen molar-refractivity contribution in [3.63, 3.8) is 0 Å². The molecular formula is C16H17BrClNO2. The molecule has 2 aromatic rings. The summed E-state index contributed by atoms with van der Waals surface area (Å²) >= 11 is 9.52. The topological polar surface area (TPSA) is 44.5 Å². The van der Waals surface area contributed by atoms with Crippen LogP contribution in [-0.2, 0) is 4.74 Å². The van der Waals surface area contributed by atoms with Crippen LogP contribution in [0.25, 0.3) is 0 Å². The molecule has 0 heterocycles. The first-order chi connectivity index (χ1) is 10.1. The van der Waals surface area contributed by atoms with Gasteiger partial charge in [-0.05, 0) is 39.7 Å². The first-order valence-corrected chi connectivity index (χ1v) is 7.71. The maximum absolute atomic E-state index is 6.36. The van der Waals surface area contributed by atoms with Gasteiger partial charge < -0.3 is 15.2 Å². The van der Waals surface area contributed by atoms with Crippen LogP contribution in [0.5, 0.6) is 5.75 Å². The SMILES string of the molecule is COCCOc1ccccc1C(N)c1ccc(Br)c(Cl)c1. The predicted molar refractivity (Wildman–Crippen MR) is 89.0 cm³/mol. The summed E-state index contributed by atoms with van der Waals surface area (Å²) in [4.78, 5) is 0. The molecule has 0 saturated carbocycles. The summed E-state index contributed by atoms with van der Waals surface area (Å²) in [6, 6.07) is 13.1. The summed E-state index contributed by atoms with van der Waals surface area (Å²) in [6.07, 6.45) is 0. The second-order valence-corrected chi connectivity index (χ2v) is 5.79. The molecule has 0 aliphatic heterocycles. The maximum Gasteiger partial charge on any atom is 0.124 e. The fraction of sp³-hybridized carbons (Fsp3) is 0.250. The van der Waals surface area contributed by atoms with E-state index in [1.54, 1.807) is 7.11 Å². The molecule has 0 fully saturated rings. The largest absolute Gasteiger partial charge is 0.491 e. The van der Waals surface area contributed by atoms with E-state index in [-0.39, 0.29) is 6.04 Å². The Balaban J connectivity index is 2.25. The van der Waals surface area contributed by atoms with E-state index in [4.69, 9.17) is 26.8 Å². The van der Waals surface area contributed by atoms with Crippen LogP contribution >= 0.6 is 27.5 Å². The van der Waals surface area contributed by atoms with Gasteiger partial charge in [-0.15, -0.1) is 0 Å². The number of halogens is 2. The Kier molecular flexibility index (Phi) is 6.06. The number of methoxy groups -OCH3 is 1. The van der Waals surface area contributed by atoms with Crippen molar-refractivity contribution in [1.82, 2.24) is 0 Å². The lowest BCUT2D eigenvalue weighted by Crippen LogP contribution is -2.14. The molecule has 0 aromatic heterocycles. The average Bonchev–Trinajstić information content (AvgIpc) is 2.50. The van der Waals surface area contributed by atoms with Gasteiger partial charge in [-0.3, -0.25) is 0 Å². The first kappa shape index (κ1) is 16.3. The smallest absolute Gasteiger partial charge is 0.124 e. The van der Waals surface area contributed by atoms with Gasteiger partial charge in [-0.2, -0.15) is 0 Å². The van der Waals surface area contributed by atoms with E-state index in [0.717, 1.165) is 21.3 Å². The molecular weight excluding hydrogens is 354 g/mol. The molecule has 0 spiro atoms. The highest BCUT2D eigenvalue weighted by atomic mass is 79.9. The number of para-hydroxylation sites is 1. The van der Waals surface area contributed by atoms with Gasteiger partial charge in [0, 0.05) is 17.1 Å². The van der Waals surface area contributed by atoms with Gasteiger partial charge >= 0.3 is 0 Å². The molecule has 2 rings (SSSR count). The number of nitrogens with two attached hydrogens (primary N) is 1. The Labute approximate surface area is 138 Å². The van der Waals surface area contributed by atoms with E-state index in [0.29, 0.717) is 18.2 Å². The van der Waals surface area contributed by atoms with E-state index in [1.807, 2.05) is 42.5 Å². The van der Waals surface area contributed by atoms with Crippen molar-refractivity contribution in [2.75, 3.05) is 20.3 Å². The van der Waals surface area contributed by atoms with Crippen molar-refractivity contribution < 1.29 is 9.47 Å². The molecule has 0 aliphatic carbocycles. The van der Waals surface area contributed by atoms with E-state index >= 15 is 0 Å². The van der Waals surface area contributed by atoms with Crippen LogP contribution in [0.4, 0.5) is 0 Å². The normalized spacial score (nSPS) is 12.2. The quantitative estimate of drug-likeness (QED) is 0.776. The molecule has 3 nitrogen and oxygen atoms in total. The Hall–Kier alpha value is -1.07. The average molecular weight is 371 g/mol. The number of ether oxygens (including phenoxy) is 2. The minimum absolute atomic E-state index is 0.297. The van der Waals surface area contributed by atoms with Crippen molar-refractivity contribution in [1.29, 1.82) is 0 Å². The van der Waals surface area contributed by atoms with Crippen molar-refractivity contribution in [3.05, 3.63) is 63.1 Å². The molecule has 0 aliphatic rings. The van der Waals surface area contributed by atoms with Crippen molar-refractivity contribution in [2.45, 2.75) is 6.04 Å². The zero-order valence-electron chi connectivity index (χ0n) is 11.7. The zero-order valence-corrected chi connectivity index (χ0v) is 14.0. The molecule has 0 radical (unpaired) electrons. The van der Waals surface area contributed by atoms with Gasteiger partial charge in [0.05, 0.1) is 17.7 Å². The molecule has 0 amide bonds. The highest BCUT2D eigenvalue weighted by Gasteiger charge is 2.15. The third-order valence-corrected chi connectivity index (χ3v) is 4.33. The standard InChI is InChI=1S/C16H17BrClNO2/c1-20-8-9-21-15-5-3-2-4-12(15)16(19)11-6-7-13(17)14(18)10-11/h2-7,10,16H,8-9,19H2,1H3. The highest BCUT2D eigenvalue weighted by molar-refractivity contribution is 9.10. The number of rotatable bonds is 6. The number of hydrogen-bond donors (Lipinski definition) is 1. The predicted octanol–water partition coefficient (Wildman–Crippen LogP) is 4.18. The van der Waals surface area contributed by atoms with Crippen molar-refractivity contribution in [2.24, 2.45) is 5.73 Å². The second-order valence-electron chi connectivity index (χ2n) is 4.53. The monoisotopic (exact) mass is 369 g/mol. The minimum Gasteiger partial charge on any atom is -0.491 e. The Bertz CT molecular complexity index is 607. The molecule has 1 atom stereocenters. The lowest BCUT2D eigenvalue weighted by Gasteiger charge is -2.17. The molecule has 2 N–H and O–H groups in total. The molecule has 5 heteroatoms. The highest BCUT2D eigenvalue weighted by Crippen LogP contribution is 2.31. The van der Waals surface area contributed by atoms with E-state index in [9.17, 15) is 0 Å². The summed E-state index contributed by atoms with van der Waals surface area (Å²) < 4.78 is 11.6. The molecule has 0 bridgehead atoms. The third kappa shape index (κ3) is 4.20. The molecule has 21 heavy (non-hydrogen) atoms. The summed E-state index contributed by atoms with van der Waals surface area (Å²) in [7, 11) is 1.64. The number of hydrogen-bond acceptors (Lipinski definition) is 3. The molecule has 112 valence electrons.